The summed E-state index contributed by atoms with van der Waals surface area (Å²) in [5.41, 5.74) is 0.674. The Hall–Kier alpha value is -2.04. The number of benzene rings is 1. The Morgan fingerprint density at radius 2 is 2.00 bits per heavy atom. The molecule has 1 aromatic carbocycles. The van der Waals surface area contributed by atoms with Gasteiger partial charge in [-0.15, -0.1) is 0 Å². The number of nitrogens with one attached hydrogen (secondary N) is 1. The van der Waals surface area contributed by atoms with Gasteiger partial charge in [0.2, 0.25) is 11.8 Å². The van der Waals surface area contributed by atoms with Crippen LogP contribution in [0.1, 0.15) is 45.4 Å². The lowest BCUT2D eigenvalue weighted by Crippen LogP contribution is -2.38. The van der Waals surface area contributed by atoms with Crippen molar-refractivity contribution in [1.82, 2.24) is 4.90 Å². The summed E-state index contributed by atoms with van der Waals surface area (Å²) in [4.78, 5) is 26.9. The van der Waals surface area contributed by atoms with Gasteiger partial charge in [-0.25, -0.2) is 0 Å². The molecule has 1 aliphatic carbocycles. The number of anilines is 1. The fourth-order valence-corrected chi connectivity index (χ4v) is 3.74. The van der Waals surface area contributed by atoms with Crippen LogP contribution in [0.3, 0.4) is 0 Å². The average molecular weight is 330 g/mol. The van der Waals surface area contributed by atoms with Gasteiger partial charge in [-0.2, -0.15) is 0 Å². The summed E-state index contributed by atoms with van der Waals surface area (Å²) in [5.74, 6) is 0.435. The molecule has 2 aliphatic rings. The topological polar surface area (TPSA) is 58.6 Å². The van der Waals surface area contributed by atoms with E-state index in [1.54, 1.807) is 0 Å². The number of likely N-dealkylation sites (tertiary alicyclic amines) is 1. The lowest BCUT2D eigenvalue weighted by Gasteiger charge is -2.31. The molecule has 1 aliphatic heterocycles. The molecular formula is C19H26N2O3. The van der Waals surface area contributed by atoms with E-state index in [4.69, 9.17) is 4.74 Å². The first-order valence-electron chi connectivity index (χ1n) is 9.01. The van der Waals surface area contributed by atoms with Crippen molar-refractivity contribution in [2.24, 2.45) is 5.92 Å². The van der Waals surface area contributed by atoms with Gasteiger partial charge in [0.15, 0.2) is 0 Å². The highest BCUT2D eigenvalue weighted by Gasteiger charge is 2.38. The van der Waals surface area contributed by atoms with Crippen LogP contribution in [0, 0.1) is 5.92 Å². The number of amides is 2. The standard InChI is InChI=1S/C19H26N2O3/c1-2-24-17-11-7-6-10-16(17)20-19(23)14-12-18(22)21(13-14)15-8-4-3-5-9-15/h6-7,10-11,14-15H,2-5,8-9,12-13H2,1H3,(H,20,23)/t14-/m1/s1. The van der Waals surface area contributed by atoms with Crippen LogP contribution in [0.5, 0.6) is 5.75 Å². The second-order valence-corrected chi connectivity index (χ2v) is 6.66. The van der Waals surface area contributed by atoms with E-state index in [1.807, 2.05) is 36.1 Å². The quantitative estimate of drug-likeness (QED) is 0.902. The van der Waals surface area contributed by atoms with Gasteiger partial charge in [-0.3, -0.25) is 9.59 Å². The maximum absolute atomic E-state index is 12.6. The normalized spacial score (nSPS) is 21.8. The zero-order valence-corrected chi connectivity index (χ0v) is 14.3. The summed E-state index contributed by atoms with van der Waals surface area (Å²) in [6.45, 7) is 3.01. The molecule has 1 heterocycles. The fraction of sp³-hybridized carbons (Fsp3) is 0.579. The molecule has 1 aromatic rings. The number of rotatable bonds is 5. The van der Waals surface area contributed by atoms with Crippen LogP contribution in [-0.4, -0.2) is 35.9 Å². The minimum Gasteiger partial charge on any atom is -0.492 e. The molecule has 2 fully saturated rings. The molecule has 2 amide bonds. The molecule has 1 N–H and O–H groups in total. The molecule has 1 saturated carbocycles. The molecule has 0 unspecified atom stereocenters. The van der Waals surface area contributed by atoms with E-state index in [0.717, 1.165) is 12.8 Å². The monoisotopic (exact) mass is 330 g/mol. The van der Waals surface area contributed by atoms with E-state index in [-0.39, 0.29) is 17.7 Å². The fourth-order valence-electron chi connectivity index (χ4n) is 3.74. The van der Waals surface area contributed by atoms with Gasteiger partial charge < -0.3 is 15.0 Å². The number of ether oxygens (including phenoxy) is 1. The molecule has 24 heavy (non-hydrogen) atoms. The van der Waals surface area contributed by atoms with Gasteiger partial charge in [0.1, 0.15) is 5.75 Å². The number of hydrogen-bond donors (Lipinski definition) is 1. The maximum Gasteiger partial charge on any atom is 0.229 e. The number of carbonyl (C=O) groups excluding carboxylic acids is 2. The Labute approximate surface area is 143 Å². The van der Waals surface area contributed by atoms with E-state index in [0.29, 0.717) is 37.1 Å². The summed E-state index contributed by atoms with van der Waals surface area (Å²) in [7, 11) is 0. The van der Waals surface area contributed by atoms with Crippen molar-refractivity contribution in [3.8, 4) is 5.75 Å². The van der Waals surface area contributed by atoms with E-state index in [9.17, 15) is 9.59 Å². The number of hydrogen-bond acceptors (Lipinski definition) is 3. The SMILES string of the molecule is CCOc1ccccc1NC(=O)[C@@H]1CC(=O)N(C2CCCCC2)C1. The Bertz CT molecular complexity index is 596. The first kappa shape index (κ1) is 16.8. The molecule has 130 valence electrons. The van der Waals surface area contributed by atoms with Crippen LogP contribution in [0.2, 0.25) is 0 Å². The molecule has 0 bridgehead atoms. The van der Waals surface area contributed by atoms with Crippen LogP contribution in [-0.2, 0) is 9.59 Å². The molecule has 1 atom stereocenters. The summed E-state index contributed by atoms with van der Waals surface area (Å²) in [6, 6.07) is 7.75. The highest BCUT2D eigenvalue weighted by atomic mass is 16.5. The van der Waals surface area contributed by atoms with Gasteiger partial charge in [0.05, 0.1) is 18.2 Å². The van der Waals surface area contributed by atoms with Crippen molar-refractivity contribution in [1.29, 1.82) is 0 Å². The Balaban J connectivity index is 1.63. The Kier molecular flexibility index (Phi) is 5.38. The van der Waals surface area contributed by atoms with Gasteiger partial charge in [-0.05, 0) is 31.9 Å². The smallest absolute Gasteiger partial charge is 0.229 e. The minimum atomic E-state index is -0.269. The summed E-state index contributed by atoms with van der Waals surface area (Å²) < 4.78 is 5.55. The predicted octanol–water partition coefficient (Wildman–Crippen LogP) is 3.21. The van der Waals surface area contributed by atoms with Crippen LogP contribution >= 0.6 is 0 Å². The zero-order valence-electron chi connectivity index (χ0n) is 14.3. The Morgan fingerprint density at radius 3 is 2.75 bits per heavy atom. The molecule has 0 radical (unpaired) electrons. The molecule has 5 heteroatoms. The largest absolute Gasteiger partial charge is 0.492 e. The van der Waals surface area contributed by atoms with Crippen molar-refractivity contribution in [2.45, 2.75) is 51.5 Å². The predicted molar refractivity (Wildman–Crippen MR) is 92.9 cm³/mol. The number of nitrogens with zero attached hydrogens (tertiary/aromatic N) is 1. The number of para-hydroxylation sites is 2. The lowest BCUT2D eigenvalue weighted by molar-refractivity contribution is -0.130. The van der Waals surface area contributed by atoms with Crippen LogP contribution in [0.4, 0.5) is 5.69 Å². The van der Waals surface area contributed by atoms with E-state index < -0.39 is 0 Å². The van der Waals surface area contributed by atoms with Crippen molar-refractivity contribution >= 4 is 17.5 Å². The second-order valence-electron chi connectivity index (χ2n) is 6.66. The van der Waals surface area contributed by atoms with Gasteiger partial charge >= 0.3 is 0 Å². The first-order valence-corrected chi connectivity index (χ1v) is 9.01. The van der Waals surface area contributed by atoms with Crippen LogP contribution in [0.15, 0.2) is 24.3 Å². The summed E-state index contributed by atoms with van der Waals surface area (Å²) in [5, 5.41) is 2.94. The van der Waals surface area contributed by atoms with Crippen molar-refractivity contribution < 1.29 is 14.3 Å². The van der Waals surface area contributed by atoms with E-state index in [2.05, 4.69) is 5.32 Å². The summed E-state index contributed by atoms with van der Waals surface area (Å²) in [6.07, 6.45) is 6.11. The number of carbonyl (C=O) groups is 2. The van der Waals surface area contributed by atoms with E-state index >= 15 is 0 Å². The van der Waals surface area contributed by atoms with Gasteiger partial charge in [0.25, 0.3) is 0 Å². The van der Waals surface area contributed by atoms with E-state index in [1.165, 1.54) is 19.3 Å². The van der Waals surface area contributed by atoms with Crippen molar-refractivity contribution in [3.05, 3.63) is 24.3 Å². The molecule has 0 aromatic heterocycles. The maximum atomic E-state index is 12.6. The Morgan fingerprint density at radius 1 is 1.25 bits per heavy atom. The van der Waals surface area contributed by atoms with Crippen molar-refractivity contribution in [2.75, 3.05) is 18.5 Å². The lowest BCUT2D eigenvalue weighted by atomic mass is 9.94. The molecule has 0 spiro atoms. The highest BCUT2D eigenvalue weighted by molar-refractivity contribution is 5.98. The molecule has 5 nitrogen and oxygen atoms in total. The second kappa shape index (κ2) is 7.69. The first-order chi connectivity index (χ1) is 11.7. The summed E-state index contributed by atoms with van der Waals surface area (Å²) >= 11 is 0. The average Bonchev–Trinajstić information content (AvgIpc) is 3.00. The third kappa shape index (κ3) is 3.71. The van der Waals surface area contributed by atoms with Crippen LogP contribution in [0.25, 0.3) is 0 Å². The van der Waals surface area contributed by atoms with Gasteiger partial charge in [0, 0.05) is 19.0 Å². The third-order valence-corrected chi connectivity index (χ3v) is 4.99. The molecular weight excluding hydrogens is 304 g/mol. The zero-order chi connectivity index (χ0) is 16.9. The third-order valence-electron chi connectivity index (χ3n) is 4.99. The van der Waals surface area contributed by atoms with Crippen molar-refractivity contribution in [3.63, 3.8) is 0 Å². The van der Waals surface area contributed by atoms with Gasteiger partial charge in [-0.1, -0.05) is 31.4 Å². The molecule has 3 rings (SSSR count). The minimum absolute atomic E-state index is 0.0891. The van der Waals surface area contributed by atoms with Crippen LogP contribution < -0.4 is 10.1 Å². The molecule has 1 saturated heterocycles. The highest BCUT2D eigenvalue weighted by Crippen LogP contribution is 2.30.